The smallest absolute Gasteiger partial charge is 0.337 e. The van der Waals surface area contributed by atoms with Gasteiger partial charge in [-0.2, -0.15) is 0 Å². The van der Waals surface area contributed by atoms with E-state index in [2.05, 4.69) is 23.8 Å². The third kappa shape index (κ3) is 3.23. The number of ether oxygens (including phenoxy) is 1. The van der Waals surface area contributed by atoms with Crippen LogP contribution in [0.15, 0.2) is 35.6 Å². The van der Waals surface area contributed by atoms with Crippen LogP contribution in [0.1, 0.15) is 26.4 Å². The van der Waals surface area contributed by atoms with Crippen LogP contribution in [0.3, 0.4) is 0 Å². The Morgan fingerprint density at radius 2 is 1.96 bits per heavy atom. The van der Waals surface area contributed by atoms with Crippen molar-refractivity contribution in [1.29, 1.82) is 0 Å². The summed E-state index contributed by atoms with van der Waals surface area (Å²) in [7, 11) is 1.39. The lowest BCUT2D eigenvalue weighted by Gasteiger charge is -2.05. The second kappa shape index (κ2) is 6.68. The predicted molar refractivity (Wildman–Crippen MR) is 94.2 cm³/mol. The van der Waals surface area contributed by atoms with Gasteiger partial charge in [-0.15, -0.1) is 23.1 Å². The van der Waals surface area contributed by atoms with Crippen molar-refractivity contribution in [1.82, 2.24) is 9.97 Å². The van der Waals surface area contributed by atoms with E-state index in [1.54, 1.807) is 41.6 Å². The summed E-state index contributed by atoms with van der Waals surface area (Å²) in [4.78, 5) is 22.6. The molecule has 3 rings (SSSR count). The molecule has 0 saturated heterocycles. The summed E-state index contributed by atoms with van der Waals surface area (Å²) in [5, 5.41) is 2.17. The number of rotatable bonds is 4. The molecule has 6 heteroatoms. The standard InChI is InChI=1S/C17H16N2O2S2/c1-10-11(2)23-16-14(10)15(18-9-19-16)22-8-12-4-6-13(7-5-12)17(20)21-3/h4-7,9H,8H2,1-3H3. The fraction of sp³-hybridized carbons (Fsp3) is 0.235. The Bertz CT molecular complexity index is 857. The minimum Gasteiger partial charge on any atom is -0.465 e. The van der Waals surface area contributed by atoms with Gasteiger partial charge in [0.1, 0.15) is 16.2 Å². The molecule has 0 unspecified atom stereocenters. The molecule has 0 bridgehead atoms. The molecule has 0 saturated carbocycles. The van der Waals surface area contributed by atoms with E-state index in [0.29, 0.717) is 5.56 Å². The van der Waals surface area contributed by atoms with E-state index in [1.165, 1.54) is 17.6 Å². The summed E-state index contributed by atoms with van der Waals surface area (Å²) < 4.78 is 4.71. The molecule has 0 N–H and O–H groups in total. The molecule has 0 aliphatic carbocycles. The van der Waals surface area contributed by atoms with Crippen LogP contribution in [0.4, 0.5) is 0 Å². The highest BCUT2D eigenvalue weighted by molar-refractivity contribution is 7.98. The van der Waals surface area contributed by atoms with Crippen molar-refractivity contribution >= 4 is 39.3 Å². The molecule has 0 aliphatic rings. The Morgan fingerprint density at radius 1 is 1.22 bits per heavy atom. The van der Waals surface area contributed by atoms with E-state index < -0.39 is 0 Å². The van der Waals surface area contributed by atoms with Crippen LogP contribution in [-0.2, 0) is 10.5 Å². The van der Waals surface area contributed by atoms with Crippen LogP contribution in [0, 0.1) is 13.8 Å². The molecule has 0 atom stereocenters. The van der Waals surface area contributed by atoms with Crippen molar-refractivity contribution in [3.63, 3.8) is 0 Å². The maximum Gasteiger partial charge on any atom is 0.337 e. The van der Waals surface area contributed by atoms with Gasteiger partial charge in [0.05, 0.1) is 12.7 Å². The number of thioether (sulfide) groups is 1. The molecule has 2 heterocycles. The highest BCUT2D eigenvalue weighted by Gasteiger charge is 2.12. The largest absolute Gasteiger partial charge is 0.465 e. The van der Waals surface area contributed by atoms with Gasteiger partial charge in [-0.25, -0.2) is 14.8 Å². The zero-order chi connectivity index (χ0) is 16.4. The lowest BCUT2D eigenvalue weighted by atomic mass is 10.1. The molecule has 0 aliphatic heterocycles. The number of carbonyl (C=O) groups is 1. The highest BCUT2D eigenvalue weighted by atomic mass is 32.2. The van der Waals surface area contributed by atoms with Crippen molar-refractivity contribution in [3.8, 4) is 0 Å². The number of hydrogen-bond acceptors (Lipinski definition) is 6. The van der Waals surface area contributed by atoms with Gasteiger partial charge in [0, 0.05) is 16.0 Å². The van der Waals surface area contributed by atoms with Gasteiger partial charge in [0.25, 0.3) is 0 Å². The number of esters is 1. The van der Waals surface area contributed by atoms with Crippen LogP contribution in [0.5, 0.6) is 0 Å². The number of hydrogen-bond donors (Lipinski definition) is 0. The average molecular weight is 344 g/mol. The van der Waals surface area contributed by atoms with Crippen LogP contribution < -0.4 is 0 Å². The van der Waals surface area contributed by atoms with Gasteiger partial charge in [-0.3, -0.25) is 0 Å². The Balaban J connectivity index is 1.80. The quantitative estimate of drug-likeness (QED) is 0.399. The van der Waals surface area contributed by atoms with E-state index in [-0.39, 0.29) is 5.97 Å². The second-order valence-electron chi connectivity index (χ2n) is 5.12. The van der Waals surface area contributed by atoms with Crippen LogP contribution >= 0.6 is 23.1 Å². The van der Waals surface area contributed by atoms with Crippen molar-refractivity contribution in [2.75, 3.05) is 7.11 Å². The molecular formula is C17H16N2O2S2. The molecule has 0 spiro atoms. The number of fused-ring (bicyclic) bond motifs is 1. The lowest BCUT2D eigenvalue weighted by Crippen LogP contribution is -2.00. The zero-order valence-electron chi connectivity index (χ0n) is 13.1. The maximum atomic E-state index is 11.4. The molecule has 4 nitrogen and oxygen atoms in total. The SMILES string of the molecule is COC(=O)c1ccc(CSc2ncnc3sc(C)c(C)c23)cc1. The number of methoxy groups -OCH3 is 1. The highest BCUT2D eigenvalue weighted by Crippen LogP contribution is 2.35. The van der Waals surface area contributed by atoms with E-state index in [9.17, 15) is 4.79 Å². The molecule has 2 aromatic heterocycles. The average Bonchev–Trinajstić information content (AvgIpc) is 2.88. The topological polar surface area (TPSA) is 52.1 Å². The molecule has 0 amide bonds. The normalized spacial score (nSPS) is 10.9. The molecule has 3 aromatic rings. The monoisotopic (exact) mass is 344 g/mol. The maximum absolute atomic E-state index is 11.4. The van der Waals surface area contributed by atoms with Crippen molar-refractivity contribution in [2.24, 2.45) is 0 Å². The Hall–Kier alpha value is -1.92. The fourth-order valence-corrected chi connectivity index (χ4v) is 4.34. The minimum atomic E-state index is -0.314. The van der Waals surface area contributed by atoms with Crippen LogP contribution in [0.2, 0.25) is 0 Å². The summed E-state index contributed by atoms with van der Waals surface area (Å²) in [6, 6.07) is 7.47. The molecular weight excluding hydrogens is 328 g/mol. The molecule has 1 aromatic carbocycles. The molecule has 0 radical (unpaired) electrons. The second-order valence-corrected chi connectivity index (χ2v) is 7.29. The summed E-state index contributed by atoms with van der Waals surface area (Å²) in [5.74, 6) is 0.480. The third-order valence-electron chi connectivity index (χ3n) is 3.68. The number of thiophene rings is 1. The third-order valence-corrected chi connectivity index (χ3v) is 5.86. The van der Waals surface area contributed by atoms with E-state index in [1.807, 2.05) is 12.1 Å². The van der Waals surface area contributed by atoms with E-state index in [4.69, 9.17) is 4.74 Å². The van der Waals surface area contributed by atoms with Gasteiger partial charge < -0.3 is 4.74 Å². The zero-order valence-corrected chi connectivity index (χ0v) is 14.8. The van der Waals surface area contributed by atoms with Crippen LogP contribution in [0.25, 0.3) is 10.2 Å². The van der Waals surface area contributed by atoms with Crippen LogP contribution in [-0.4, -0.2) is 23.0 Å². The number of aromatic nitrogens is 2. The fourth-order valence-electron chi connectivity index (χ4n) is 2.27. The van der Waals surface area contributed by atoms with Crippen molar-refractivity contribution < 1.29 is 9.53 Å². The number of benzene rings is 1. The summed E-state index contributed by atoms with van der Waals surface area (Å²) >= 11 is 3.40. The minimum absolute atomic E-state index is 0.314. The first-order valence-electron chi connectivity index (χ1n) is 7.11. The van der Waals surface area contributed by atoms with Gasteiger partial charge >= 0.3 is 5.97 Å². The van der Waals surface area contributed by atoms with E-state index >= 15 is 0 Å². The van der Waals surface area contributed by atoms with Gasteiger partial charge in [0.2, 0.25) is 0 Å². The first-order valence-corrected chi connectivity index (χ1v) is 8.91. The van der Waals surface area contributed by atoms with Gasteiger partial charge in [-0.05, 0) is 37.1 Å². The lowest BCUT2D eigenvalue weighted by molar-refractivity contribution is 0.0600. The number of nitrogens with zero attached hydrogens (tertiary/aromatic N) is 2. The molecule has 23 heavy (non-hydrogen) atoms. The van der Waals surface area contributed by atoms with E-state index in [0.717, 1.165) is 26.6 Å². The summed E-state index contributed by atoms with van der Waals surface area (Å²) in [6.07, 6.45) is 1.63. The predicted octanol–water partition coefficient (Wildman–Crippen LogP) is 4.39. The Morgan fingerprint density at radius 3 is 2.65 bits per heavy atom. The molecule has 0 fully saturated rings. The molecule has 118 valence electrons. The van der Waals surface area contributed by atoms with Crippen molar-refractivity contribution in [2.45, 2.75) is 24.6 Å². The number of carbonyl (C=O) groups excluding carboxylic acids is 1. The number of aryl methyl sites for hydroxylation is 2. The summed E-state index contributed by atoms with van der Waals surface area (Å²) in [6.45, 7) is 4.23. The Labute approximate surface area is 142 Å². The van der Waals surface area contributed by atoms with Crippen molar-refractivity contribution in [3.05, 3.63) is 52.2 Å². The Kier molecular flexibility index (Phi) is 4.63. The first kappa shape index (κ1) is 16.0. The summed E-state index contributed by atoms with van der Waals surface area (Å²) in [5.41, 5.74) is 2.96. The van der Waals surface area contributed by atoms with Gasteiger partial charge in [0.15, 0.2) is 0 Å². The van der Waals surface area contributed by atoms with Gasteiger partial charge in [-0.1, -0.05) is 12.1 Å². The first-order chi connectivity index (χ1) is 11.1.